The molecule has 1 aromatic heterocycles. The molecule has 0 aliphatic carbocycles. The molecule has 7 heteroatoms. The fourth-order valence-electron chi connectivity index (χ4n) is 1.40. The van der Waals surface area contributed by atoms with Gasteiger partial charge in [0.05, 0.1) is 4.47 Å². The van der Waals surface area contributed by atoms with E-state index >= 15 is 0 Å². The maximum absolute atomic E-state index is 13.7. The molecular formula is C10H9BrF2N4. The molecule has 0 aliphatic heterocycles. The van der Waals surface area contributed by atoms with Crippen LogP contribution in [0, 0.1) is 11.6 Å². The average molecular weight is 303 g/mol. The molecular weight excluding hydrogens is 294 g/mol. The number of nitrogens with zero attached hydrogens (tertiary/aromatic N) is 4. The Hall–Kier alpha value is -1.37. The van der Waals surface area contributed by atoms with E-state index in [0.29, 0.717) is 5.82 Å². The zero-order valence-corrected chi connectivity index (χ0v) is 10.7. The van der Waals surface area contributed by atoms with Gasteiger partial charge in [-0.15, -0.1) is 5.10 Å². The SMILES string of the molecule is CC(C)c1nnnn1-c1cc(F)c(Br)cc1F. The van der Waals surface area contributed by atoms with Crippen LogP contribution in [-0.4, -0.2) is 20.2 Å². The van der Waals surface area contributed by atoms with Crippen LogP contribution < -0.4 is 0 Å². The highest BCUT2D eigenvalue weighted by molar-refractivity contribution is 9.10. The zero-order chi connectivity index (χ0) is 12.6. The Morgan fingerprint density at radius 3 is 2.59 bits per heavy atom. The van der Waals surface area contributed by atoms with Crippen molar-refractivity contribution in [3.05, 3.63) is 34.1 Å². The van der Waals surface area contributed by atoms with Gasteiger partial charge >= 0.3 is 0 Å². The first kappa shape index (κ1) is 12.1. The Balaban J connectivity index is 2.60. The highest BCUT2D eigenvalue weighted by Gasteiger charge is 2.17. The lowest BCUT2D eigenvalue weighted by atomic mass is 10.2. The van der Waals surface area contributed by atoms with Crippen molar-refractivity contribution in [3.63, 3.8) is 0 Å². The Morgan fingerprint density at radius 2 is 1.94 bits per heavy atom. The molecule has 1 aromatic carbocycles. The molecule has 0 N–H and O–H groups in total. The second-order valence-corrected chi connectivity index (χ2v) is 4.68. The number of aromatic nitrogens is 4. The molecule has 0 saturated heterocycles. The fourth-order valence-corrected chi connectivity index (χ4v) is 1.72. The second kappa shape index (κ2) is 4.48. The van der Waals surface area contributed by atoms with Gasteiger partial charge in [-0.3, -0.25) is 0 Å². The summed E-state index contributed by atoms with van der Waals surface area (Å²) in [5.41, 5.74) is -0.000556. The summed E-state index contributed by atoms with van der Waals surface area (Å²) in [5, 5.41) is 10.9. The Kier molecular flexibility index (Phi) is 3.19. The topological polar surface area (TPSA) is 43.6 Å². The third-order valence-electron chi connectivity index (χ3n) is 2.23. The minimum Gasteiger partial charge on any atom is -0.206 e. The van der Waals surface area contributed by atoms with Crippen molar-refractivity contribution in [1.82, 2.24) is 20.2 Å². The van der Waals surface area contributed by atoms with Gasteiger partial charge in [-0.25, -0.2) is 8.78 Å². The van der Waals surface area contributed by atoms with Gasteiger partial charge in [-0.05, 0) is 32.4 Å². The van der Waals surface area contributed by atoms with Gasteiger partial charge in [-0.1, -0.05) is 13.8 Å². The molecule has 0 aliphatic rings. The van der Waals surface area contributed by atoms with E-state index in [-0.39, 0.29) is 16.1 Å². The van der Waals surface area contributed by atoms with Crippen LogP contribution in [0.3, 0.4) is 0 Å². The van der Waals surface area contributed by atoms with Crippen LogP contribution in [0.1, 0.15) is 25.6 Å². The summed E-state index contributed by atoms with van der Waals surface area (Å²) in [6.45, 7) is 3.74. The fraction of sp³-hybridized carbons (Fsp3) is 0.300. The largest absolute Gasteiger partial charge is 0.206 e. The maximum atomic E-state index is 13.7. The van der Waals surface area contributed by atoms with Crippen LogP contribution in [0.25, 0.3) is 5.69 Å². The van der Waals surface area contributed by atoms with Crippen LogP contribution in [0.2, 0.25) is 0 Å². The molecule has 0 amide bonds. The lowest BCUT2D eigenvalue weighted by Crippen LogP contribution is -2.07. The van der Waals surface area contributed by atoms with E-state index in [4.69, 9.17) is 0 Å². The molecule has 2 aromatic rings. The van der Waals surface area contributed by atoms with Crippen molar-refractivity contribution < 1.29 is 8.78 Å². The van der Waals surface area contributed by atoms with Crippen molar-refractivity contribution in [2.75, 3.05) is 0 Å². The summed E-state index contributed by atoms with van der Waals surface area (Å²) in [4.78, 5) is 0. The van der Waals surface area contributed by atoms with E-state index in [0.717, 1.165) is 12.1 Å². The summed E-state index contributed by atoms with van der Waals surface area (Å²) in [6.07, 6.45) is 0. The predicted octanol–water partition coefficient (Wildman–Crippen LogP) is 2.83. The number of halogens is 3. The highest BCUT2D eigenvalue weighted by atomic mass is 79.9. The van der Waals surface area contributed by atoms with Crippen molar-refractivity contribution in [2.24, 2.45) is 0 Å². The van der Waals surface area contributed by atoms with Gasteiger partial charge in [0.15, 0.2) is 5.82 Å². The molecule has 0 atom stereocenters. The van der Waals surface area contributed by atoms with E-state index < -0.39 is 11.6 Å². The molecule has 17 heavy (non-hydrogen) atoms. The molecule has 1 heterocycles. The maximum Gasteiger partial charge on any atom is 0.159 e. The van der Waals surface area contributed by atoms with Crippen molar-refractivity contribution in [3.8, 4) is 5.69 Å². The molecule has 90 valence electrons. The van der Waals surface area contributed by atoms with Gasteiger partial charge in [0, 0.05) is 12.0 Å². The van der Waals surface area contributed by atoms with E-state index in [1.54, 1.807) is 0 Å². The quantitative estimate of drug-likeness (QED) is 0.801. The number of benzene rings is 1. The Labute approximate surface area is 105 Å². The molecule has 0 saturated carbocycles. The smallest absolute Gasteiger partial charge is 0.159 e. The molecule has 0 bridgehead atoms. The highest BCUT2D eigenvalue weighted by Crippen LogP contribution is 2.24. The molecule has 4 nitrogen and oxygen atoms in total. The first-order chi connectivity index (χ1) is 8.00. The van der Waals surface area contributed by atoms with E-state index in [9.17, 15) is 8.78 Å². The van der Waals surface area contributed by atoms with Crippen LogP contribution in [-0.2, 0) is 0 Å². The second-order valence-electron chi connectivity index (χ2n) is 3.82. The Bertz CT molecular complexity index is 553. The monoisotopic (exact) mass is 302 g/mol. The molecule has 0 unspecified atom stereocenters. The van der Waals surface area contributed by atoms with Gasteiger partial charge in [0.25, 0.3) is 0 Å². The summed E-state index contributed by atoms with van der Waals surface area (Å²) >= 11 is 2.92. The van der Waals surface area contributed by atoms with E-state index in [1.807, 2.05) is 13.8 Å². The van der Waals surface area contributed by atoms with Gasteiger partial charge < -0.3 is 0 Å². The van der Waals surface area contributed by atoms with Crippen molar-refractivity contribution in [1.29, 1.82) is 0 Å². The predicted molar refractivity (Wildman–Crippen MR) is 60.9 cm³/mol. The number of hydrogen-bond donors (Lipinski definition) is 0. The summed E-state index contributed by atoms with van der Waals surface area (Å²) in [7, 11) is 0. The first-order valence-electron chi connectivity index (χ1n) is 4.94. The summed E-state index contributed by atoms with van der Waals surface area (Å²) in [6, 6.07) is 2.11. The van der Waals surface area contributed by atoms with E-state index in [1.165, 1.54) is 4.68 Å². The number of hydrogen-bond acceptors (Lipinski definition) is 3. The van der Waals surface area contributed by atoms with Crippen LogP contribution in [0.4, 0.5) is 8.78 Å². The first-order valence-corrected chi connectivity index (χ1v) is 5.73. The normalized spacial score (nSPS) is 11.2. The molecule has 0 fully saturated rings. The van der Waals surface area contributed by atoms with Crippen LogP contribution in [0.5, 0.6) is 0 Å². The van der Waals surface area contributed by atoms with Gasteiger partial charge in [-0.2, -0.15) is 4.68 Å². The van der Waals surface area contributed by atoms with Gasteiger partial charge in [0.2, 0.25) is 0 Å². The Morgan fingerprint density at radius 1 is 1.24 bits per heavy atom. The minimum absolute atomic E-state index is 0.000556. The zero-order valence-electron chi connectivity index (χ0n) is 9.15. The molecule has 0 radical (unpaired) electrons. The van der Waals surface area contributed by atoms with Crippen molar-refractivity contribution >= 4 is 15.9 Å². The minimum atomic E-state index is -0.590. The number of rotatable bonds is 2. The van der Waals surface area contributed by atoms with E-state index in [2.05, 4.69) is 31.5 Å². The van der Waals surface area contributed by atoms with Gasteiger partial charge in [0.1, 0.15) is 17.3 Å². The standard InChI is InChI=1S/C10H9BrF2N4/c1-5(2)10-14-15-16-17(10)9-4-7(12)6(11)3-8(9)13/h3-5H,1-2H3. The third kappa shape index (κ3) is 2.19. The molecule has 2 rings (SSSR count). The number of tetrazole rings is 1. The third-order valence-corrected chi connectivity index (χ3v) is 2.84. The van der Waals surface area contributed by atoms with Crippen LogP contribution in [0.15, 0.2) is 16.6 Å². The lowest BCUT2D eigenvalue weighted by molar-refractivity contribution is 0.573. The van der Waals surface area contributed by atoms with Crippen molar-refractivity contribution in [2.45, 2.75) is 19.8 Å². The van der Waals surface area contributed by atoms with Crippen LogP contribution >= 0.6 is 15.9 Å². The summed E-state index contributed by atoms with van der Waals surface area (Å²) in [5.74, 6) is -0.666. The molecule has 0 spiro atoms. The average Bonchev–Trinajstić information content (AvgIpc) is 2.72. The lowest BCUT2D eigenvalue weighted by Gasteiger charge is -2.08. The summed E-state index contributed by atoms with van der Waals surface area (Å²) < 4.78 is 28.4.